The van der Waals surface area contributed by atoms with Crippen molar-refractivity contribution in [1.82, 2.24) is 0 Å². The second-order valence-corrected chi connectivity index (χ2v) is 14.1. The van der Waals surface area contributed by atoms with Crippen LogP contribution in [-0.4, -0.2) is 94.0 Å². The molecule has 2 bridgehead atoms. The van der Waals surface area contributed by atoms with Crippen LogP contribution in [0.3, 0.4) is 0 Å². The molecule has 0 radical (unpaired) electrons. The number of ether oxygens (including phenoxy) is 6. The Morgan fingerprint density at radius 3 is 1.96 bits per heavy atom. The molecule has 13 heteroatoms. The Bertz CT molecular complexity index is 1390. The molecule has 0 amide bonds. The van der Waals surface area contributed by atoms with E-state index < -0.39 is 113 Å². The average Bonchev–Trinajstić information content (AvgIpc) is 3.15. The van der Waals surface area contributed by atoms with Crippen LogP contribution in [-0.2, 0) is 47.6 Å². The lowest BCUT2D eigenvalue weighted by atomic mass is 9.45. The Kier molecular flexibility index (Phi) is 9.89. The van der Waals surface area contributed by atoms with Crippen molar-refractivity contribution in [3.63, 3.8) is 0 Å². The van der Waals surface area contributed by atoms with Gasteiger partial charge in [-0.3, -0.25) is 19.2 Å². The number of hydrogen-bond acceptors (Lipinski definition) is 13. The second kappa shape index (κ2) is 12.8. The number of hydrogen-bond donors (Lipinski definition) is 2. The molecule has 2 saturated carbocycles. The standard InChI is InChI=1S/C34H46O13/c1-17(2)28(38)44-22-15-32(9,41)34-25(37)23(31(7,8)47-34)24(45-29(39)18(3)4)27(46-30(40)21-13-11-10-12-14-21)33(34,16-42-19(5)35)26(22)43-20(6)36/h10-14,17-18,22-27,37,41H,15-16H2,1-9H3. The maximum atomic E-state index is 13.9. The van der Waals surface area contributed by atoms with E-state index in [2.05, 4.69) is 0 Å². The average molecular weight is 663 g/mol. The van der Waals surface area contributed by atoms with Gasteiger partial charge in [-0.1, -0.05) is 45.9 Å². The van der Waals surface area contributed by atoms with Gasteiger partial charge in [-0.05, 0) is 32.9 Å². The van der Waals surface area contributed by atoms with Crippen molar-refractivity contribution in [3.05, 3.63) is 35.9 Å². The quantitative estimate of drug-likeness (QED) is 0.291. The number of carbonyl (C=O) groups is 5. The van der Waals surface area contributed by atoms with Crippen LogP contribution in [0.15, 0.2) is 30.3 Å². The normalized spacial score (nSPS) is 35.4. The third-order valence-electron chi connectivity index (χ3n) is 9.59. The van der Waals surface area contributed by atoms with Gasteiger partial charge >= 0.3 is 29.8 Å². The number of rotatable bonds is 9. The van der Waals surface area contributed by atoms with Gasteiger partial charge in [-0.25, -0.2) is 4.79 Å². The van der Waals surface area contributed by atoms with Gasteiger partial charge in [0.1, 0.15) is 29.8 Å². The summed E-state index contributed by atoms with van der Waals surface area (Å²) in [7, 11) is 0. The highest BCUT2D eigenvalue weighted by Gasteiger charge is 2.88. The first-order valence-electron chi connectivity index (χ1n) is 15.8. The molecule has 1 saturated heterocycles. The van der Waals surface area contributed by atoms with Crippen LogP contribution >= 0.6 is 0 Å². The van der Waals surface area contributed by atoms with Crippen molar-refractivity contribution < 1.29 is 62.6 Å². The zero-order chi connectivity index (χ0) is 35.3. The van der Waals surface area contributed by atoms with Crippen molar-refractivity contribution in [2.24, 2.45) is 23.2 Å². The van der Waals surface area contributed by atoms with Gasteiger partial charge in [-0.2, -0.15) is 0 Å². The molecule has 47 heavy (non-hydrogen) atoms. The summed E-state index contributed by atoms with van der Waals surface area (Å²) in [5.74, 6) is -6.42. The maximum absolute atomic E-state index is 13.9. The molecular formula is C34H46O13. The number of benzene rings is 1. The van der Waals surface area contributed by atoms with Gasteiger partial charge < -0.3 is 38.6 Å². The molecule has 1 aromatic rings. The SMILES string of the molecule is CC(=O)OCC12C(OC(C)=O)C(OC(=O)C(C)C)CC(C)(O)C13OC(C)(C)C(C(OC(=O)C(C)C)C2OC(=O)c1ccccc1)C3O. The first-order chi connectivity index (χ1) is 21.7. The van der Waals surface area contributed by atoms with Gasteiger partial charge in [-0.15, -0.1) is 0 Å². The third kappa shape index (κ3) is 6.02. The predicted octanol–water partition coefficient (Wildman–Crippen LogP) is 2.52. The van der Waals surface area contributed by atoms with Crippen LogP contribution in [0.1, 0.15) is 79.1 Å². The van der Waals surface area contributed by atoms with Crippen molar-refractivity contribution >= 4 is 29.8 Å². The van der Waals surface area contributed by atoms with E-state index in [0.717, 1.165) is 13.8 Å². The summed E-state index contributed by atoms with van der Waals surface area (Å²) in [6.07, 6.45) is -8.38. The van der Waals surface area contributed by atoms with Crippen molar-refractivity contribution in [2.45, 2.75) is 116 Å². The maximum Gasteiger partial charge on any atom is 0.338 e. The molecule has 0 aromatic heterocycles. The lowest BCUT2D eigenvalue weighted by Crippen LogP contribution is -2.85. The lowest BCUT2D eigenvalue weighted by Gasteiger charge is -2.66. The summed E-state index contributed by atoms with van der Waals surface area (Å²) in [4.78, 5) is 65.7. The van der Waals surface area contributed by atoms with Crippen LogP contribution in [0, 0.1) is 23.2 Å². The van der Waals surface area contributed by atoms with Gasteiger partial charge in [0.05, 0.1) is 40.6 Å². The second-order valence-electron chi connectivity index (χ2n) is 14.1. The number of aliphatic hydroxyl groups excluding tert-OH is 1. The fourth-order valence-electron chi connectivity index (χ4n) is 7.68. The zero-order valence-electron chi connectivity index (χ0n) is 28.3. The highest BCUT2D eigenvalue weighted by molar-refractivity contribution is 5.89. The number of aliphatic hydroxyl groups is 2. The van der Waals surface area contributed by atoms with E-state index >= 15 is 0 Å². The number of carbonyl (C=O) groups excluding carboxylic acids is 5. The Balaban J connectivity index is 2.12. The fourth-order valence-corrected chi connectivity index (χ4v) is 7.68. The highest BCUT2D eigenvalue weighted by atomic mass is 16.6. The van der Waals surface area contributed by atoms with E-state index in [1.54, 1.807) is 59.7 Å². The molecule has 260 valence electrons. The molecule has 1 spiro atoms. The minimum Gasteiger partial charge on any atom is -0.465 e. The molecule has 3 fully saturated rings. The van der Waals surface area contributed by atoms with Crippen molar-refractivity contribution in [2.75, 3.05) is 6.61 Å². The molecule has 2 aliphatic carbocycles. The summed E-state index contributed by atoms with van der Waals surface area (Å²) in [5.41, 5.74) is -7.85. The zero-order valence-corrected chi connectivity index (χ0v) is 28.3. The minimum atomic E-state index is -2.23. The topological polar surface area (TPSA) is 181 Å². The summed E-state index contributed by atoms with van der Waals surface area (Å²) in [5, 5.41) is 24.9. The van der Waals surface area contributed by atoms with Gasteiger partial charge in [0.25, 0.3) is 0 Å². The third-order valence-corrected chi connectivity index (χ3v) is 9.59. The van der Waals surface area contributed by atoms with E-state index in [0.29, 0.717) is 0 Å². The van der Waals surface area contributed by atoms with Crippen LogP contribution in [0.2, 0.25) is 0 Å². The van der Waals surface area contributed by atoms with Gasteiger partial charge in [0.15, 0.2) is 12.2 Å². The van der Waals surface area contributed by atoms with E-state index in [1.807, 2.05) is 0 Å². The van der Waals surface area contributed by atoms with Gasteiger partial charge in [0, 0.05) is 20.3 Å². The Morgan fingerprint density at radius 2 is 1.43 bits per heavy atom. The van der Waals surface area contributed by atoms with E-state index in [4.69, 9.17) is 28.4 Å². The molecule has 2 N–H and O–H groups in total. The molecule has 3 aliphatic rings. The minimum absolute atomic E-state index is 0.103. The smallest absolute Gasteiger partial charge is 0.338 e. The molecule has 9 unspecified atom stereocenters. The predicted molar refractivity (Wildman–Crippen MR) is 162 cm³/mol. The molecule has 13 nitrogen and oxygen atoms in total. The van der Waals surface area contributed by atoms with Gasteiger partial charge in [0.2, 0.25) is 0 Å². The fraction of sp³-hybridized carbons (Fsp3) is 0.676. The number of fused-ring (bicyclic) bond motifs is 1. The monoisotopic (exact) mass is 662 g/mol. The first-order valence-corrected chi connectivity index (χ1v) is 15.8. The largest absolute Gasteiger partial charge is 0.465 e. The molecule has 1 aromatic carbocycles. The molecule has 4 rings (SSSR count). The van der Waals surface area contributed by atoms with E-state index in [1.165, 1.54) is 19.1 Å². The molecular weight excluding hydrogens is 616 g/mol. The summed E-state index contributed by atoms with van der Waals surface area (Å²) < 4.78 is 36.5. The Labute approximate surface area is 274 Å². The summed E-state index contributed by atoms with van der Waals surface area (Å²) in [6, 6.07) is 7.90. The summed E-state index contributed by atoms with van der Waals surface area (Å²) in [6.45, 7) is 12.4. The van der Waals surface area contributed by atoms with Crippen LogP contribution in [0.25, 0.3) is 0 Å². The van der Waals surface area contributed by atoms with Crippen LogP contribution in [0.5, 0.6) is 0 Å². The molecule has 1 aliphatic heterocycles. The van der Waals surface area contributed by atoms with Crippen LogP contribution < -0.4 is 0 Å². The molecule has 9 atom stereocenters. The van der Waals surface area contributed by atoms with Crippen LogP contribution in [0.4, 0.5) is 0 Å². The lowest BCUT2D eigenvalue weighted by molar-refractivity contribution is -0.363. The Hall–Kier alpha value is -3.55. The van der Waals surface area contributed by atoms with E-state index in [-0.39, 0.29) is 5.56 Å². The molecule has 1 heterocycles. The van der Waals surface area contributed by atoms with Crippen molar-refractivity contribution in [3.8, 4) is 0 Å². The highest BCUT2D eigenvalue weighted by Crippen LogP contribution is 2.69. The first kappa shape index (κ1) is 36.3. The van der Waals surface area contributed by atoms with Crippen molar-refractivity contribution in [1.29, 1.82) is 0 Å². The summed E-state index contributed by atoms with van der Waals surface area (Å²) >= 11 is 0. The number of esters is 5. The Morgan fingerprint density at radius 1 is 0.851 bits per heavy atom. The van der Waals surface area contributed by atoms with E-state index in [9.17, 15) is 34.2 Å².